The quantitative estimate of drug-likeness (QED) is 0.780. The third-order valence-electron chi connectivity index (χ3n) is 3.65. The second kappa shape index (κ2) is 6.07. The minimum Gasteiger partial charge on any atom is -0.373 e. The van der Waals surface area contributed by atoms with Gasteiger partial charge in [-0.2, -0.15) is 0 Å². The number of alkyl halides is 1. The van der Waals surface area contributed by atoms with Crippen molar-refractivity contribution in [2.45, 2.75) is 19.1 Å². The molecule has 6 heteroatoms. The number of aromatic nitrogens is 2. The zero-order valence-corrected chi connectivity index (χ0v) is 13.3. The zero-order valence-electron chi connectivity index (χ0n) is 11.7. The number of hydrogen-bond donors (Lipinski definition) is 0. The molecule has 2 atom stereocenters. The van der Waals surface area contributed by atoms with Crippen LogP contribution in [-0.4, -0.2) is 51.4 Å². The number of benzene rings is 1. The monoisotopic (exact) mass is 349 g/mol. The molecule has 1 aliphatic heterocycles. The summed E-state index contributed by atoms with van der Waals surface area (Å²) in [6.07, 6.45) is 3.33. The second-order valence-corrected chi connectivity index (χ2v) is 5.82. The molecule has 0 radical (unpaired) electrons. The number of nitrogens with zero attached hydrogens (tertiary/aromatic N) is 3. The van der Waals surface area contributed by atoms with Crippen LogP contribution in [0.25, 0.3) is 11.0 Å². The summed E-state index contributed by atoms with van der Waals surface area (Å²) in [5.41, 5.74) is 2.17. The van der Waals surface area contributed by atoms with Gasteiger partial charge in [0.05, 0.1) is 29.8 Å². The van der Waals surface area contributed by atoms with Crippen molar-refractivity contribution in [1.82, 2.24) is 14.9 Å². The third kappa shape index (κ3) is 2.91. The van der Waals surface area contributed by atoms with Gasteiger partial charge in [-0.3, -0.25) is 14.8 Å². The first-order chi connectivity index (χ1) is 10.2. The standard InChI is InChI=1S/C15H16BrN3O2/c1-10-9-21-12(7-16)8-19(10)15(20)11-2-3-13-14(6-11)18-5-4-17-13/h2-6,10,12H,7-9H2,1H3. The van der Waals surface area contributed by atoms with Crippen LogP contribution in [0, 0.1) is 0 Å². The highest BCUT2D eigenvalue weighted by atomic mass is 79.9. The fourth-order valence-corrected chi connectivity index (χ4v) is 2.85. The van der Waals surface area contributed by atoms with Gasteiger partial charge in [0.15, 0.2) is 0 Å². The normalized spacial score (nSPS) is 22.5. The maximum absolute atomic E-state index is 12.7. The van der Waals surface area contributed by atoms with E-state index >= 15 is 0 Å². The summed E-state index contributed by atoms with van der Waals surface area (Å²) in [6, 6.07) is 5.52. The SMILES string of the molecule is CC1COC(CBr)CN1C(=O)c1ccc2nccnc2c1. The fourth-order valence-electron chi connectivity index (χ4n) is 2.46. The van der Waals surface area contributed by atoms with Crippen molar-refractivity contribution in [3.8, 4) is 0 Å². The molecule has 0 aliphatic carbocycles. The zero-order chi connectivity index (χ0) is 14.8. The van der Waals surface area contributed by atoms with E-state index in [4.69, 9.17) is 4.74 Å². The Hall–Kier alpha value is -1.53. The van der Waals surface area contributed by atoms with E-state index in [2.05, 4.69) is 25.9 Å². The van der Waals surface area contributed by atoms with Gasteiger partial charge in [0.25, 0.3) is 5.91 Å². The number of carbonyl (C=O) groups excluding carboxylic acids is 1. The lowest BCUT2D eigenvalue weighted by Crippen LogP contribution is -2.51. The smallest absolute Gasteiger partial charge is 0.254 e. The van der Waals surface area contributed by atoms with Crippen molar-refractivity contribution in [1.29, 1.82) is 0 Å². The van der Waals surface area contributed by atoms with E-state index < -0.39 is 0 Å². The third-order valence-corrected chi connectivity index (χ3v) is 4.38. The fraction of sp³-hybridized carbons (Fsp3) is 0.400. The van der Waals surface area contributed by atoms with Gasteiger partial charge < -0.3 is 9.64 Å². The lowest BCUT2D eigenvalue weighted by Gasteiger charge is -2.37. The number of rotatable bonds is 2. The highest BCUT2D eigenvalue weighted by Crippen LogP contribution is 2.18. The van der Waals surface area contributed by atoms with Crippen LogP contribution in [0.3, 0.4) is 0 Å². The Morgan fingerprint density at radius 2 is 2.14 bits per heavy atom. The van der Waals surface area contributed by atoms with Gasteiger partial charge >= 0.3 is 0 Å². The van der Waals surface area contributed by atoms with Crippen molar-refractivity contribution in [2.24, 2.45) is 0 Å². The first-order valence-electron chi connectivity index (χ1n) is 6.88. The molecule has 1 aromatic heterocycles. The molecule has 1 saturated heterocycles. The molecule has 0 saturated carbocycles. The number of amides is 1. The van der Waals surface area contributed by atoms with Crippen LogP contribution in [0.4, 0.5) is 0 Å². The molecular formula is C15H16BrN3O2. The first kappa shape index (κ1) is 14.4. The van der Waals surface area contributed by atoms with Crippen LogP contribution < -0.4 is 0 Å². The lowest BCUT2D eigenvalue weighted by atomic mass is 10.1. The maximum Gasteiger partial charge on any atom is 0.254 e. The van der Waals surface area contributed by atoms with Gasteiger partial charge in [-0.1, -0.05) is 15.9 Å². The van der Waals surface area contributed by atoms with Crippen LogP contribution in [0.1, 0.15) is 17.3 Å². The van der Waals surface area contributed by atoms with E-state index in [1.54, 1.807) is 18.5 Å². The summed E-state index contributed by atoms with van der Waals surface area (Å²) in [4.78, 5) is 23.1. The molecule has 3 rings (SSSR count). The largest absolute Gasteiger partial charge is 0.373 e. The number of fused-ring (bicyclic) bond motifs is 1. The van der Waals surface area contributed by atoms with Crippen LogP contribution in [0.5, 0.6) is 0 Å². The van der Waals surface area contributed by atoms with Gasteiger partial charge in [0.2, 0.25) is 0 Å². The van der Waals surface area contributed by atoms with Crippen LogP contribution >= 0.6 is 15.9 Å². The topological polar surface area (TPSA) is 55.3 Å². The van der Waals surface area contributed by atoms with E-state index in [-0.39, 0.29) is 18.1 Å². The minimum atomic E-state index is 0.0179. The number of halogens is 1. The first-order valence-corrected chi connectivity index (χ1v) is 8.00. The molecule has 0 spiro atoms. The molecule has 2 aromatic rings. The highest BCUT2D eigenvalue weighted by Gasteiger charge is 2.29. The van der Waals surface area contributed by atoms with Gasteiger partial charge in [-0.15, -0.1) is 0 Å². The minimum absolute atomic E-state index is 0.0179. The molecule has 1 amide bonds. The van der Waals surface area contributed by atoms with Crippen molar-refractivity contribution in [3.05, 3.63) is 36.2 Å². The Balaban J connectivity index is 1.88. The van der Waals surface area contributed by atoms with Gasteiger partial charge in [-0.05, 0) is 25.1 Å². The summed E-state index contributed by atoms with van der Waals surface area (Å²) >= 11 is 3.42. The average molecular weight is 350 g/mol. The molecule has 1 aromatic carbocycles. The lowest BCUT2D eigenvalue weighted by molar-refractivity contribution is -0.0361. The van der Waals surface area contributed by atoms with E-state index in [0.717, 1.165) is 16.4 Å². The van der Waals surface area contributed by atoms with Gasteiger partial charge in [0, 0.05) is 29.8 Å². The molecular weight excluding hydrogens is 334 g/mol. The Morgan fingerprint density at radius 3 is 2.90 bits per heavy atom. The molecule has 110 valence electrons. The number of carbonyl (C=O) groups is 1. The average Bonchev–Trinajstić information content (AvgIpc) is 2.54. The summed E-state index contributed by atoms with van der Waals surface area (Å²) in [6.45, 7) is 3.17. The number of morpholine rings is 1. The summed E-state index contributed by atoms with van der Waals surface area (Å²) in [5, 5.41) is 0.729. The molecule has 0 N–H and O–H groups in total. The second-order valence-electron chi connectivity index (χ2n) is 5.18. The van der Waals surface area contributed by atoms with E-state index in [0.29, 0.717) is 18.7 Å². The van der Waals surface area contributed by atoms with Crippen LogP contribution in [0.2, 0.25) is 0 Å². The van der Waals surface area contributed by atoms with Crippen molar-refractivity contribution in [3.63, 3.8) is 0 Å². The van der Waals surface area contributed by atoms with Crippen molar-refractivity contribution >= 4 is 32.9 Å². The number of ether oxygens (including phenoxy) is 1. The summed E-state index contributed by atoms with van der Waals surface area (Å²) in [5.74, 6) is 0.0179. The van der Waals surface area contributed by atoms with Crippen LogP contribution in [0.15, 0.2) is 30.6 Å². The molecule has 21 heavy (non-hydrogen) atoms. The molecule has 1 aliphatic rings. The van der Waals surface area contributed by atoms with Gasteiger partial charge in [0.1, 0.15) is 0 Å². The maximum atomic E-state index is 12.7. The Bertz CT molecular complexity index is 664. The summed E-state index contributed by atoms with van der Waals surface area (Å²) < 4.78 is 5.66. The Morgan fingerprint density at radius 1 is 1.38 bits per heavy atom. The van der Waals surface area contributed by atoms with Gasteiger partial charge in [-0.25, -0.2) is 0 Å². The predicted molar refractivity (Wildman–Crippen MR) is 83.6 cm³/mol. The van der Waals surface area contributed by atoms with E-state index in [9.17, 15) is 4.79 Å². The molecule has 0 bridgehead atoms. The Kier molecular flexibility index (Phi) is 4.17. The van der Waals surface area contributed by atoms with E-state index in [1.165, 1.54) is 0 Å². The Labute approximate surface area is 131 Å². The van der Waals surface area contributed by atoms with E-state index in [1.807, 2.05) is 24.0 Å². The number of hydrogen-bond acceptors (Lipinski definition) is 4. The predicted octanol–water partition coefficient (Wildman–Crippen LogP) is 2.25. The van der Waals surface area contributed by atoms with Crippen molar-refractivity contribution in [2.75, 3.05) is 18.5 Å². The molecule has 1 fully saturated rings. The molecule has 2 unspecified atom stereocenters. The van der Waals surface area contributed by atoms with Crippen molar-refractivity contribution < 1.29 is 9.53 Å². The van der Waals surface area contributed by atoms with Crippen LogP contribution in [-0.2, 0) is 4.74 Å². The molecule has 2 heterocycles. The highest BCUT2D eigenvalue weighted by molar-refractivity contribution is 9.09. The molecule has 5 nitrogen and oxygen atoms in total. The summed E-state index contributed by atoms with van der Waals surface area (Å²) in [7, 11) is 0.